The number of hydrogen-bond acceptors (Lipinski definition) is 5. The Hall–Kier alpha value is -0.110. The highest BCUT2D eigenvalue weighted by atomic mass is 32.2. The summed E-state index contributed by atoms with van der Waals surface area (Å²) in [5, 5.41) is 0. The van der Waals surface area contributed by atoms with E-state index in [0.717, 1.165) is 38.0 Å². The van der Waals surface area contributed by atoms with Gasteiger partial charge in [0.15, 0.2) is 0 Å². The SMILES string of the molecule is CC1(C)[C@H]2CC[C@]1(CS(=O)(=O)N1CCC3(CC1)OCCS3)C(=O)C2. The van der Waals surface area contributed by atoms with Crippen LogP contribution >= 0.6 is 11.8 Å². The first-order valence-corrected chi connectivity index (χ1v) is 11.6. The molecule has 0 aromatic rings. The number of ether oxygens (including phenoxy) is 1. The summed E-state index contributed by atoms with van der Waals surface area (Å²) in [4.78, 5) is 12.5. The lowest BCUT2D eigenvalue weighted by Gasteiger charge is -2.40. The number of hydrogen-bond donors (Lipinski definition) is 0. The highest BCUT2D eigenvalue weighted by Gasteiger charge is 2.65. The molecule has 0 unspecified atom stereocenters. The first-order valence-electron chi connectivity index (χ1n) is 9.00. The number of rotatable bonds is 3. The van der Waals surface area contributed by atoms with Gasteiger partial charge in [-0.3, -0.25) is 4.79 Å². The number of carbonyl (C=O) groups is 1. The van der Waals surface area contributed by atoms with E-state index in [-0.39, 0.29) is 21.9 Å². The quantitative estimate of drug-likeness (QED) is 0.759. The van der Waals surface area contributed by atoms with Crippen LogP contribution in [-0.4, -0.2) is 54.6 Å². The van der Waals surface area contributed by atoms with Gasteiger partial charge in [0.05, 0.1) is 12.4 Å². The second-order valence-electron chi connectivity index (χ2n) is 8.43. The molecule has 2 aliphatic heterocycles. The molecule has 2 atom stereocenters. The predicted molar refractivity (Wildman–Crippen MR) is 94.3 cm³/mol. The van der Waals surface area contributed by atoms with Crippen LogP contribution in [0.2, 0.25) is 0 Å². The number of carbonyl (C=O) groups excluding carboxylic acids is 1. The third kappa shape index (κ3) is 2.34. The summed E-state index contributed by atoms with van der Waals surface area (Å²) >= 11 is 1.82. The minimum absolute atomic E-state index is 0.00331. The number of fused-ring (bicyclic) bond motifs is 2. The van der Waals surface area contributed by atoms with E-state index in [2.05, 4.69) is 13.8 Å². The molecule has 0 N–H and O–H groups in total. The molecule has 2 heterocycles. The molecule has 2 bridgehead atoms. The maximum absolute atomic E-state index is 13.1. The van der Waals surface area contributed by atoms with Crippen LogP contribution in [0.5, 0.6) is 0 Å². The average molecular weight is 374 g/mol. The van der Waals surface area contributed by atoms with E-state index in [0.29, 0.717) is 25.4 Å². The summed E-state index contributed by atoms with van der Waals surface area (Å²) < 4.78 is 33.7. The van der Waals surface area contributed by atoms with Crippen LogP contribution in [-0.2, 0) is 19.6 Å². The number of thioether (sulfide) groups is 1. The van der Waals surface area contributed by atoms with Crippen LogP contribution in [0, 0.1) is 16.7 Å². The van der Waals surface area contributed by atoms with Gasteiger partial charge in [-0.1, -0.05) is 13.8 Å². The normalized spacial score (nSPS) is 38.2. The van der Waals surface area contributed by atoms with E-state index in [1.807, 2.05) is 11.8 Å². The van der Waals surface area contributed by atoms with Crippen LogP contribution < -0.4 is 0 Å². The van der Waals surface area contributed by atoms with Gasteiger partial charge in [-0.05, 0) is 37.0 Å². The number of nitrogens with zero attached hydrogens (tertiary/aromatic N) is 1. The molecule has 7 heteroatoms. The van der Waals surface area contributed by atoms with Gasteiger partial charge >= 0.3 is 0 Å². The third-order valence-corrected chi connectivity index (χ3v) is 10.7. The summed E-state index contributed by atoms with van der Waals surface area (Å²) in [5.74, 6) is 1.53. The lowest BCUT2D eigenvalue weighted by Crippen LogP contribution is -2.50. The lowest BCUT2D eigenvalue weighted by atomic mass is 9.70. The monoisotopic (exact) mass is 373 g/mol. The van der Waals surface area contributed by atoms with Gasteiger partial charge in [0.2, 0.25) is 10.0 Å². The summed E-state index contributed by atoms with van der Waals surface area (Å²) in [6.45, 7) is 6.00. The number of piperidine rings is 1. The van der Waals surface area contributed by atoms with Gasteiger partial charge in [-0.2, -0.15) is 0 Å². The summed E-state index contributed by atoms with van der Waals surface area (Å²) in [5.41, 5.74) is -0.858. The van der Waals surface area contributed by atoms with Crippen molar-refractivity contribution in [2.45, 2.75) is 50.9 Å². The van der Waals surface area contributed by atoms with Gasteiger partial charge in [-0.25, -0.2) is 12.7 Å². The first kappa shape index (κ1) is 17.3. The standard InChI is InChI=1S/C17H27NO4S2/c1-15(2)13-3-4-16(15,14(19)11-13)12-24(20,21)18-7-5-17(6-8-18)22-9-10-23-17/h13H,3-12H2,1-2H3/t13-,16-/m0/s1. The lowest BCUT2D eigenvalue weighted by molar-refractivity contribution is -0.128. The van der Waals surface area contributed by atoms with E-state index in [1.54, 1.807) is 4.31 Å². The topological polar surface area (TPSA) is 63.7 Å². The average Bonchev–Trinajstić information content (AvgIpc) is 3.11. The molecule has 0 radical (unpaired) electrons. The second-order valence-corrected chi connectivity index (χ2v) is 11.8. The van der Waals surface area contributed by atoms with Crippen molar-refractivity contribution < 1.29 is 17.9 Å². The second kappa shape index (κ2) is 5.44. The van der Waals surface area contributed by atoms with Gasteiger partial charge in [-0.15, -0.1) is 11.8 Å². The minimum atomic E-state index is -3.41. The maximum atomic E-state index is 13.1. The molecule has 4 rings (SSSR count). The highest BCUT2D eigenvalue weighted by Crippen LogP contribution is 2.64. The van der Waals surface area contributed by atoms with Crippen molar-refractivity contribution in [3.05, 3.63) is 0 Å². The molecule has 0 amide bonds. The van der Waals surface area contributed by atoms with Crippen molar-refractivity contribution in [2.75, 3.05) is 31.2 Å². The molecule has 2 aliphatic carbocycles. The summed E-state index contributed by atoms with van der Waals surface area (Å²) in [6.07, 6.45) is 3.80. The van der Waals surface area contributed by atoms with Crippen molar-refractivity contribution in [1.82, 2.24) is 4.31 Å². The van der Waals surface area contributed by atoms with E-state index < -0.39 is 15.4 Å². The van der Waals surface area contributed by atoms with Gasteiger partial charge in [0, 0.05) is 30.7 Å². The highest BCUT2D eigenvalue weighted by molar-refractivity contribution is 8.00. The molecule has 0 aromatic heterocycles. The number of sulfonamides is 1. The predicted octanol–water partition coefficient (Wildman–Crippen LogP) is 2.27. The van der Waals surface area contributed by atoms with Crippen molar-refractivity contribution in [3.63, 3.8) is 0 Å². The van der Waals surface area contributed by atoms with Crippen molar-refractivity contribution in [2.24, 2.45) is 16.7 Å². The largest absolute Gasteiger partial charge is 0.363 e. The van der Waals surface area contributed by atoms with Gasteiger partial charge in [0.1, 0.15) is 10.7 Å². The molecule has 0 aromatic carbocycles. The third-order valence-electron chi connectivity index (χ3n) is 7.26. The molecule has 24 heavy (non-hydrogen) atoms. The Bertz CT molecular complexity index is 644. The van der Waals surface area contributed by atoms with E-state index >= 15 is 0 Å². The maximum Gasteiger partial charge on any atom is 0.215 e. The van der Waals surface area contributed by atoms with E-state index in [4.69, 9.17) is 4.74 Å². The Kier molecular flexibility index (Phi) is 3.93. The fraction of sp³-hybridized carbons (Fsp3) is 0.941. The van der Waals surface area contributed by atoms with Crippen LogP contribution in [0.3, 0.4) is 0 Å². The Morgan fingerprint density at radius 2 is 1.96 bits per heavy atom. The molecule has 136 valence electrons. The number of ketones is 1. The van der Waals surface area contributed by atoms with Crippen molar-refractivity contribution in [3.8, 4) is 0 Å². The Balaban J connectivity index is 1.51. The van der Waals surface area contributed by atoms with Crippen LogP contribution in [0.1, 0.15) is 46.0 Å². The minimum Gasteiger partial charge on any atom is -0.363 e. The van der Waals surface area contributed by atoms with Crippen LogP contribution in [0.25, 0.3) is 0 Å². The Morgan fingerprint density at radius 3 is 2.46 bits per heavy atom. The molecular formula is C17H27NO4S2. The molecule has 4 fully saturated rings. The molecule has 2 saturated heterocycles. The smallest absolute Gasteiger partial charge is 0.215 e. The van der Waals surface area contributed by atoms with Gasteiger partial charge < -0.3 is 4.74 Å². The fourth-order valence-corrected chi connectivity index (χ4v) is 8.80. The fourth-order valence-electron chi connectivity index (χ4n) is 5.40. The zero-order valence-electron chi connectivity index (χ0n) is 14.5. The van der Waals surface area contributed by atoms with Crippen molar-refractivity contribution >= 4 is 27.6 Å². The van der Waals surface area contributed by atoms with Crippen LogP contribution in [0.4, 0.5) is 0 Å². The zero-order valence-corrected chi connectivity index (χ0v) is 16.2. The van der Waals surface area contributed by atoms with Gasteiger partial charge in [0.25, 0.3) is 0 Å². The molecule has 2 saturated carbocycles. The zero-order chi connectivity index (χ0) is 17.2. The number of Topliss-reactive ketones (excluding diaryl/α,β-unsaturated/α-hetero) is 1. The van der Waals surface area contributed by atoms with E-state index in [1.165, 1.54) is 0 Å². The molecule has 1 spiro atoms. The first-order chi connectivity index (χ1) is 11.2. The summed E-state index contributed by atoms with van der Waals surface area (Å²) in [6, 6.07) is 0. The molecular weight excluding hydrogens is 346 g/mol. The molecule has 4 aliphatic rings. The Morgan fingerprint density at radius 1 is 1.25 bits per heavy atom. The molecule has 5 nitrogen and oxygen atoms in total. The van der Waals surface area contributed by atoms with Crippen molar-refractivity contribution in [1.29, 1.82) is 0 Å². The summed E-state index contributed by atoms with van der Waals surface area (Å²) in [7, 11) is -3.41. The Labute approximate surface area is 148 Å². The van der Waals surface area contributed by atoms with Crippen LogP contribution in [0.15, 0.2) is 0 Å². The van der Waals surface area contributed by atoms with E-state index in [9.17, 15) is 13.2 Å².